The molecule has 0 bridgehead atoms. The van der Waals surface area contributed by atoms with Crippen molar-refractivity contribution in [2.24, 2.45) is 11.3 Å². The predicted molar refractivity (Wildman–Crippen MR) is 174 cm³/mol. The first-order valence-corrected chi connectivity index (χ1v) is 16.7. The number of carbonyl (C=O) groups is 2. The highest BCUT2D eigenvalue weighted by Gasteiger charge is 2.39. The van der Waals surface area contributed by atoms with Gasteiger partial charge in [-0.1, -0.05) is 12.7 Å². The van der Waals surface area contributed by atoms with Crippen molar-refractivity contribution in [3.63, 3.8) is 0 Å². The van der Waals surface area contributed by atoms with E-state index in [0.29, 0.717) is 23.7 Å². The molecule has 1 aliphatic carbocycles. The van der Waals surface area contributed by atoms with E-state index < -0.39 is 5.82 Å². The van der Waals surface area contributed by atoms with E-state index in [-0.39, 0.29) is 47.9 Å². The molecule has 2 aromatic rings. The number of amides is 2. The lowest BCUT2D eigenvalue weighted by Crippen LogP contribution is -2.46. The third-order valence-electron chi connectivity index (χ3n) is 9.89. The Hall–Kier alpha value is -3.80. The van der Waals surface area contributed by atoms with E-state index in [0.717, 1.165) is 64.8 Å². The van der Waals surface area contributed by atoms with Crippen LogP contribution in [0.5, 0.6) is 11.6 Å². The average Bonchev–Trinajstić information content (AvgIpc) is 3.52. The molecule has 1 saturated carbocycles. The standard InChI is InChI=1S/C34H48FN7O4/c1-5-19-45-33(44)38-27-9-12-34(13-10-27)14-17-40(18-15-34)21-25-11-16-41(22-25)30-31(39-37-23-36-30)46-29-8-7-26(35)20-28(29)32(43)42(6-2)24(3)4/h5,7-8,20,23-25,27H,1,6,9-19,21-22H2,2-4H3,(H,38,44)/t25-/m0/s1. The third-order valence-corrected chi connectivity index (χ3v) is 9.89. The van der Waals surface area contributed by atoms with Gasteiger partial charge in [0.2, 0.25) is 0 Å². The number of alkyl carbamates (subject to hydrolysis) is 1. The smallest absolute Gasteiger partial charge is 0.407 e. The quantitative estimate of drug-likeness (QED) is 0.322. The van der Waals surface area contributed by atoms with Gasteiger partial charge in [0, 0.05) is 38.3 Å². The molecule has 3 heterocycles. The highest BCUT2D eigenvalue weighted by atomic mass is 19.1. The summed E-state index contributed by atoms with van der Waals surface area (Å²) >= 11 is 0. The van der Waals surface area contributed by atoms with E-state index in [1.54, 1.807) is 11.0 Å². The summed E-state index contributed by atoms with van der Waals surface area (Å²) in [6, 6.07) is 4.10. The van der Waals surface area contributed by atoms with Crippen LogP contribution in [0.1, 0.15) is 76.1 Å². The molecule has 1 spiro atoms. The molecule has 0 radical (unpaired) electrons. The van der Waals surface area contributed by atoms with Crippen LogP contribution in [0.3, 0.4) is 0 Å². The van der Waals surface area contributed by atoms with Crippen LogP contribution in [0.15, 0.2) is 37.2 Å². The van der Waals surface area contributed by atoms with Crippen molar-refractivity contribution in [1.29, 1.82) is 0 Å². The van der Waals surface area contributed by atoms with Crippen LogP contribution >= 0.6 is 0 Å². The minimum Gasteiger partial charge on any atom is -0.445 e. The van der Waals surface area contributed by atoms with Gasteiger partial charge >= 0.3 is 6.09 Å². The van der Waals surface area contributed by atoms with Crippen LogP contribution in [0.2, 0.25) is 0 Å². The van der Waals surface area contributed by atoms with Gasteiger partial charge in [-0.25, -0.2) is 14.2 Å². The lowest BCUT2D eigenvalue weighted by molar-refractivity contribution is 0.0518. The number of anilines is 1. The molecule has 2 aliphatic heterocycles. The predicted octanol–water partition coefficient (Wildman–Crippen LogP) is 5.44. The summed E-state index contributed by atoms with van der Waals surface area (Å²) in [5, 5.41) is 11.2. The summed E-state index contributed by atoms with van der Waals surface area (Å²) in [5.74, 6) is 0.673. The molecule has 3 fully saturated rings. The number of nitrogens with one attached hydrogen (secondary N) is 1. The molecule has 5 rings (SSSR count). The van der Waals surface area contributed by atoms with Crippen molar-refractivity contribution < 1.29 is 23.5 Å². The number of likely N-dealkylation sites (tertiary alicyclic amines) is 1. The van der Waals surface area contributed by atoms with Gasteiger partial charge in [-0.15, -0.1) is 10.2 Å². The van der Waals surface area contributed by atoms with Crippen LogP contribution in [0, 0.1) is 17.2 Å². The van der Waals surface area contributed by atoms with E-state index in [2.05, 4.69) is 36.9 Å². The first kappa shape index (κ1) is 33.6. The highest BCUT2D eigenvalue weighted by molar-refractivity contribution is 5.97. The third kappa shape index (κ3) is 8.12. The van der Waals surface area contributed by atoms with Crippen molar-refractivity contribution in [2.75, 3.05) is 50.8 Å². The number of hydrogen-bond acceptors (Lipinski definition) is 9. The van der Waals surface area contributed by atoms with Gasteiger partial charge in [-0.2, -0.15) is 0 Å². The van der Waals surface area contributed by atoms with Gasteiger partial charge in [0.25, 0.3) is 11.8 Å². The number of piperidine rings is 1. The van der Waals surface area contributed by atoms with Crippen LogP contribution in [-0.2, 0) is 4.74 Å². The van der Waals surface area contributed by atoms with E-state index in [1.165, 1.54) is 37.4 Å². The number of aromatic nitrogens is 3. The molecular formula is C34H48FN7O4. The van der Waals surface area contributed by atoms with E-state index in [1.807, 2.05) is 20.8 Å². The SMILES string of the molecule is C=CCOC(=O)NC1CCC2(CC1)CCN(C[C@@H]1CCN(c3ncnnc3Oc3ccc(F)cc3C(=O)N(CC)C(C)C)C1)CC2. The maximum Gasteiger partial charge on any atom is 0.407 e. The lowest BCUT2D eigenvalue weighted by Gasteiger charge is -2.46. The van der Waals surface area contributed by atoms with Crippen molar-refractivity contribution in [1.82, 2.24) is 30.3 Å². The van der Waals surface area contributed by atoms with Gasteiger partial charge in [-0.3, -0.25) is 4.79 Å². The van der Waals surface area contributed by atoms with Gasteiger partial charge in [-0.05, 0) is 108 Å². The van der Waals surface area contributed by atoms with Gasteiger partial charge in [0.15, 0.2) is 5.82 Å². The topological polar surface area (TPSA) is 113 Å². The van der Waals surface area contributed by atoms with E-state index in [4.69, 9.17) is 9.47 Å². The Morgan fingerprint density at radius 3 is 2.63 bits per heavy atom. The zero-order valence-electron chi connectivity index (χ0n) is 27.4. The largest absolute Gasteiger partial charge is 0.445 e. The highest BCUT2D eigenvalue weighted by Crippen LogP contribution is 2.45. The number of hydrogen-bond donors (Lipinski definition) is 1. The Morgan fingerprint density at radius 2 is 1.93 bits per heavy atom. The van der Waals surface area contributed by atoms with Gasteiger partial charge in [0.1, 0.15) is 24.5 Å². The first-order valence-electron chi connectivity index (χ1n) is 16.7. The molecule has 2 saturated heterocycles. The Kier molecular flexibility index (Phi) is 11.1. The Balaban J connectivity index is 1.15. The molecular weight excluding hydrogens is 589 g/mol. The average molecular weight is 638 g/mol. The molecule has 250 valence electrons. The molecule has 2 amide bonds. The first-order chi connectivity index (χ1) is 22.2. The van der Waals surface area contributed by atoms with Gasteiger partial charge < -0.3 is 29.5 Å². The minimum atomic E-state index is -0.509. The molecule has 1 atom stereocenters. The summed E-state index contributed by atoms with van der Waals surface area (Å²) < 4.78 is 25.5. The Morgan fingerprint density at radius 1 is 1.17 bits per heavy atom. The summed E-state index contributed by atoms with van der Waals surface area (Å²) in [5.41, 5.74) is 0.523. The maximum atomic E-state index is 14.3. The van der Waals surface area contributed by atoms with E-state index >= 15 is 0 Å². The molecule has 3 aliphatic rings. The van der Waals surface area contributed by atoms with Crippen molar-refractivity contribution >= 4 is 17.8 Å². The minimum absolute atomic E-state index is 0.0495. The summed E-state index contributed by atoms with van der Waals surface area (Å²) in [6.45, 7) is 14.9. The fraction of sp³-hybridized carbons (Fsp3) is 0.618. The molecule has 11 nitrogen and oxygen atoms in total. The van der Waals surface area contributed by atoms with Crippen molar-refractivity contribution in [2.45, 2.75) is 77.8 Å². The molecule has 1 N–H and O–H groups in total. The molecule has 1 aromatic carbocycles. The van der Waals surface area contributed by atoms with Crippen molar-refractivity contribution in [3.8, 4) is 11.6 Å². The number of ether oxygens (including phenoxy) is 2. The second kappa shape index (κ2) is 15.2. The zero-order valence-corrected chi connectivity index (χ0v) is 27.4. The van der Waals surface area contributed by atoms with Crippen LogP contribution < -0.4 is 15.0 Å². The Bertz CT molecular complexity index is 1360. The summed E-state index contributed by atoms with van der Waals surface area (Å²) in [6.07, 6.45) is 10.3. The second-order valence-corrected chi connectivity index (χ2v) is 13.2. The maximum absolute atomic E-state index is 14.3. The zero-order chi connectivity index (χ0) is 32.7. The number of nitrogens with zero attached hydrogens (tertiary/aromatic N) is 6. The number of carbonyl (C=O) groups excluding carboxylic acids is 2. The molecule has 0 unspecified atom stereocenters. The second-order valence-electron chi connectivity index (χ2n) is 13.2. The number of rotatable bonds is 11. The molecule has 46 heavy (non-hydrogen) atoms. The van der Waals surface area contributed by atoms with Crippen LogP contribution in [0.25, 0.3) is 0 Å². The Labute approximate surface area is 271 Å². The summed E-state index contributed by atoms with van der Waals surface area (Å²) in [7, 11) is 0. The van der Waals surface area contributed by atoms with Crippen LogP contribution in [-0.4, -0.2) is 94.9 Å². The van der Waals surface area contributed by atoms with Gasteiger partial charge in [0.05, 0.1) is 5.56 Å². The number of benzene rings is 1. The fourth-order valence-electron chi connectivity index (χ4n) is 7.27. The monoisotopic (exact) mass is 637 g/mol. The molecule has 12 heteroatoms. The van der Waals surface area contributed by atoms with Crippen molar-refractivity contribution in [3.05, 3.63) is 48.6 Å². The number of halogens is 1. The van der Waals surface area contributed by atoms with E-state index in [9.17, 15) is 14.0 Å². The molecule has 1 aromatic heterocycles. The lowest BCUT2D eigenvalue weighted by atomic mass is 9.67. The summed E-state index contributed by atoms with van der Waals surface area (Å²) in [4.78, 5) is 36.2. The normalized spacial score (nSPS) is 20.1. The fourth-order valence-corrected chi connectivity index (χ4v) is 7.27. The van der Waals surface area contributed by atoms with Crippen LogP contribution in [0.4, 0.5) is 15.0 Å².